The molecule has 0 radical (unpaired) electrons. The van der Waals surface area contributed by atoms with E-state index in [-0.39, 0.29) is 11.4 Å². The van der Waals surface area contributed by atoms with Crippen LogP contribution in [0.4, 0.5) is 10.8 Å². The molecule has 1 fully saturated rings. The molecular formula is C26H29N5O3S2. The average molecular weight is 524 g/mol. The molecule has 4 rings (SSSR count). The van der Waals surface area contributed by atoms with Gasteiger partial charge in [-0.25, -0.2) is 18.1 Å². The van der Waals surface area contributed by atoms with E-state index in [1.165, 1.54) is 17.8 Å². The second-order valence-corrected chi connectivity index (χ2v) is 11.8. The van der Waals surface area contributed by atoms with E-state index in [2.05, 4.69) is 20.7 Å². The van der Waals surface area contributed by atoms with Gasteiger partial charge in [0.25, 0.3) is 5.91 Å². The van der Waals surface area contributed by atoms with Crippen LogP contribution in [0, 0.1) is 18.3 Å². The van der Waals surface area contributed by atoms with Crippen LogP contribution in [0.1, 0.15) is 45.8 Å². The number of piperidine rings is 1. The molecule has 1 aliphatic heterocycles. The van der Waals surface area contributed by atoms with Gasteiger partial charge in [-0.3, -0.25) is 4.79 Å². The van der Waals surface area contributed by atoms with Crippen LogP contribution in [0.25, 0.3) is 0 Å². The lowest BCUT2D eigenvalue weighted by Gasteiger charge is -2.26. The number of nitrogens with one attached hydrogen (secondary N) is 1. The largest absolute Gasteiger partial charge is 0.313 e. The first kappa shape index (κ1) is 25.8. The predicted molar refractivity (Wildman–Crippen MR) is 142 cm³/mol. The van der Waals surface area contributed by atoms with E-state index in [1.54, 1.807) is 19.1 Å². The van der Waals surface area contributed by atoms with E-state index < -0.39 is 15.9 Å². The number of amides is 1. The Kier molecular flexibility index (Phi) is 8.36. The van der Waals surface area contributed by atoms with Crippen molar-refractivity contribution in [1.82, 2.24) is 14.6 Å². The minimum Gasteiger partial charge on any atom is -0.313 e. The van der Waals surface area contributed by atoms with Crippen LogP contribution in [0.15, 0.2) is 54.6 Å². The maximum Gasteiger partial charge on any atom is 0.284 e. The van der Waals surface area contributed by atoms with E-state index in [1.807, 2.05) is 47.4 Å². The lowest BCUT2D eigenvalue weighted by Crippen LogP contribution is -2.39. The molecule has 1 amide bonds. The molecular weight excluding hydrogens is 494 g/mol. The summed E-state index contributed by atoms with van der Waals surface area (Å²) in [5, 5.41) is 9.72. The van der Waals surface area contributed by atoms with Crippen molar-refractivity contribution < 1.29 is 13.2 Å². The number of aromatic nitrogens is 1. The number of carbonyl (C=O) groups is 1. The lowest BCUT2D eigenvalue weighted by atomic mass is 10.1. The third-order valence-electron chi connectivity index (χ3n) is 6.10. The molecule has 0 saturated carbocycles. The number of sulfonamides is 1. The molecule has 0 aliphatic carbocycles. The van der Waals surface area contributed by atoms with Gasteiger partial charge in [-0.05, 0) is 62.7 Å². The van der Waals surface area contributed by atoms with E-state index in [0.717, 1.165) is 37.2 Å². The maximum atomic E-state index is 12.9. The molecule has 1 N–H and O–H groups in total. The molecule has 0 spiro atoms. The number of hydrogen-bond donors (Lipinski definition) is 1. The third kappa shape index (κ3) is 6.69. The summed E-state index contributed by atoms with van der Waals surface area (Å²) in [4.78, 5) is 22.2. The summed E-state index contributed by atoms with van der Waals surface area (Å²) in [5.41, 5.74) is 2.50. The van der Waals surface area contributed by atoms with E-state index in [4.69, 9.17) is 5.26 Å². The molecule has 8 nitrogen and oxygen atoms in total. The fraction of sp³-hybridized carbons (Fsp3) is 0.346. The number of hydrogen-bond acceptors (Lipinski definition) is 8. The molecule has 1 aliphatic rings. The molecule has 1 saturated heterocycles. The molecule has 36 heavy (non-hydrogen) atoms. The van der Waals surface area contributed by atoms with Gasteiger partial charge in [-0.15, -0.1) is 11.3 Å². The second kappa shape index (κ2) is 11.6. The van der Waals surface area contributed by atoms with E-state index in [0.29, 0.717) is 28.7 Å². The van der Waals surface area contributed by atoms with Crippen LogP contribution in [0.2, 0.25) is 0 Å². The Morgan fingerprint density at radius 2 is 1.81 bits per heavy atom. The van der Waals surface area contributed by atoms with Crippen LogP contribution in [0.5, 0.6) is 0 Å². The minimum absolute atomic E-state index is 0.100. The first-order valence-electron chi connectivity index (χ1n) is 11.9. The van der Waals surface area contributed by atoms with Crippen LogP contribution < -0.4 is 9.62 Å². The zero-order chi connectivity index (χ0) is 25.5. The molecule has 3 aromatic rings. The Bertz CT molecular complexity index is 1330. The van der Waals surface area contributed by atoms with Gasteiger partial charge < -0.3 is 9.80 Å². The summed E-state index contributed by atoms with van der Waals surface area (Å²) in [6.45, 7) is 4.45. The van der Waals surface area contributed by atoms with Crippen molar-refractivity contribution in [2.24, 2.45) is 0 Å². The highest BCUT2D eigenvalue weighted by Crippen LogP contribution is 2.33. The number of aryl methyl sites for hydroxylation is 1. The minimum atomic E-state index is -3.79. The van der Waals surface area contributed by atoms with Crippen molar-refractivity contribution in [1.29, 1.82) is 5.26 Å². The Morgan fingerprint density at radius 3 is 2.47 bits per heavy atom. The maximum absolute atomic E-state index is 12.9. The van der Waals surface area contributed by atoms with Crippen LogP contribution in [0.3, 0.4) is 0 Å². The first-order valence-corrected chi connectivity index (χ1v) is 14.4. The van der Waals surface area contributed by atoms with Crippen molar-refractivity contribution in [3.63, 3.8) is 0 Å². The van der Waals surface area contributed by atoms with Gasteiger partial charge in [0.2, 0.25) is 10.0 Å². The number of nitriles is 1. The number of likely N-dealkylation sites (tertiary alicyclic amines) is 1. The first-order chi connectivity index (χ1) is 17.3. The summed E-state index contributed by atoms with van der Waals surface area (Å²) in [6, 6.07) is 19.1. The van der Waals surface area contributed by atoms with Crippen LogP contribution >= 0.6 is 11.3 Å². The number of anilines is 2. The Hall–Kier alpha value is -3.26. The van der Waals surface area contributed by atoms with Crippen molar-refractivity contribution in [2.75, 3.05) is 30.3 Å². The van der Waals surface area contributed by atoms with Crippen molar-refractivity contribution >= 4 is 38.1 Å². The highest BCUT2D eigenvalue weighted by molar-refractivity contribution is 7.90. The van der Waals surface area contributed by atoms with Gasteiger partial charge in [0, 0.05) is 17.1 Å². The number of rotatable bonds is 9. The fourth-order valence-electron chi connectivity index (χ4n) is 4.13. The molecule has 10 heteroatoms. The molecule has 0 bridgehead atoms. The summed E-state index contributed by atoms with van der Waals surface area (Å²) in [6.07, 6.45) is 3.33. The van der Waals surface area contributed by atoms with Crippen molar-refractivity contribution in [2.45, 2.75) is 32.7 Å². The lowest BCUT2D eigenvalue weighted by molar-refractivity contribution is 0.0976. The molecule has 1 aromatic heterocycles. The fourth-order valence-corrected chi connectivity index (χ4v) is 6.04. The van der Waals surface area contributed by atoms with Gasteiger partial charge in [-0.2, -0.15) is 5.26 Å². The summed E-state index contributed by atoms with van der Waals surface area (Å²) >= 11 is 1.32. The summed E-state index contributed by atoms with van der Waals surface area (Å²) in [5.74, 6) is -0.840. The number of thiazole rings is 1. The summed E-state index contributed by atoms with van der Waals surface area (Å²) < 4.78 is 27.4. The molecule has 2 heterocycles. The van der Waals surface area contributed by atoms with E-state index in [9.17, 15) is 13.2 Å². The zero-order valence-corrected chi connectivity index (χ0v) is 21.8. The third-order valence-corrected chi connectivity index (χ3v) is 8.31. The quantitative estimate of drug-likeness (QED) is 0.448. The second-order valence-electron chi connectivity index (χ2n) is 8.78. The highest BCUT2D eigenvalue weighted by Gasteiger charge is 2.24. The molecule has 0 atom stereocenters. The predicted octanol–water partition coefficient (Wildman–Crippen LogP) is 4.21. The SMILES string of the molecule is Cc1sc(N(Cc2ccccc2)c2ccc(C#N)cc2)nc1C(=O)NS(=O)(=O)CCN1CCCCC1. The highest BCUT2D eigenvalue weighted by atomic mass is 32.2. The monoisotopic (exact) mass is 523 g/mol. The number of nitrogens with zero attached hydrogens (tertiary/aromatic N) is 4. The average Bonchev–Trinajstić information content (AvgIpc) is 3.28. The van der Waals surface area contributed by atoms with Crippen molar-refractivity contribution in [3.8, 4) is 6.07 Å². The Balaban J connectivity index is 1.53. The van der Waals surface area contributed by atoms with Gasteiger partial charge in [0.05, 0.1) is 23.9 Å². The zero-order valence-electron chi connectivity index (χ0n) is 20.2. The van der Waals surface area contributed by atoms with E-state index >= 15 is 0 Å². The Morgan fingerprint density at radius 1 is 1.11 bits per heavy atom. The van der Waals surface area contributed by atoms with Crippen LogP contribution in [-0.2, 0) is 16.6 Å². The number of benzene rings is 2. The van der Waals surface area contributed by atoms with Gasteiger partial charge >= 0.3 is 0 Å². The number of carbonyl (C=O) groups excluding carboxylic acids is 1. The standard InChI is InChI=1S/C26H29N5O3S2/c1-20-24(25(32)29-36(33,34)17-16-30-14-6-3-7-15-30)28-26(35-20)31(19-22-8-4-2-5-9-22)23-12-10-21(18-27)11-13-23/h2,4-5,8-13H,3,6-7,14-17,19H2,1H3,(H,29,32). The normalized spacial score (nSPS) is 14.2. The van der Waals surface area contributed by atoms with Crippen LogP contribution in [-0.4, -0.2) is 49.6 Å². The smallest absolute Gasteiger partial charge is 0.284 e. The summed E-state index contributed by atoms with van der Waals surface area (Å²) in [7, 11) is -3.79. The van der Waals surface area contributed by atoms with Gasteiger partial charge in [0.1, 0.15) is 5.69 Å². The molecule has 0 unspecified atom stereocenters. The Labute approximate surface area is 216 Å². The topological polar surface area (TPSA) is 106 Å². The van der Waals surface area contributed by atoms with Crippen molar-refractivity contribution in [3.05, 3.63) is 76.3 Å². The molecule has 188 valence electrons. The molecule has 2 aromatic carbocycles. The van der Waals surface area contributed by atoms with Gasteiger partial charge in [0.15, 0.2) is 5.13 Å². The van der Waals surface area contributed by atoms with Gasteiger partial charge in [-0.1, -0.05) is 36.8 Å².